The number of nitrogens with zero attached hydrogens (tertiary/aromatic N) is 1. The van der Waals surface area contributed by atoms with E-state index in [-0.39, 0.29) is 5.82 Å². The fraction of sp³-hybridized carbons (Fsp3) is 0.571. The lowest BCUT2D eigenvalue weighted by Gasteiger charge is -2.30. The van der Waals surface area contributed by atoms with Crippen molar-refractivity contribution in [3.8, 4) is 0 Å². The summed E-state index contributed by atoms with van der Waals surface area (Å²) < 4.78 is 18.9. The van der Waals surface area contributed by atoms with Crippen LogP contribution in [0.1, 0.15) is 5.56 Å². The van der Waals surface area contributed by atoms with Crippen molar-refractivity contribution in [1.29, 1.82) is 0 Å². The van der Waals surface area contributed by atoms with Gasteiger partial charge in [-0.15, -0.1) is 0 Å². The second-order valence-electron chi connectivity index (χ2n) is 4.69. The summed E-state index contributed by atoms with van der Waals surface area (Å²) in [5.74, 6) is -0.137. The zero-order chi connectivity index (χ0) is 13.5. The van der Waals surface area contributed by atoms with E-state index in [4.69, 9.17) is 4.74 Å². The van der Waals surface area contributed by atoms with Crippen molar-refractivity contribution in [2.45, 2.75) is 6.54 Å². The first-order chi connectivity index (χ1) is 9.31. The SMILES string of the molecule is COCCNCc1ccc(F)c(N2CCNCC2)c1. The minimum Gasteiger partial charge on any atom is -0.383 e. The van der Waals surface area contributed by atoms with Crippen molar-refractivity contribution < 1.29 is 9.13 Å². The number of rotatable bonds is 6. The first-order valence-corrected chi connectivity index (χ1v) is 6.75. The summed E-state index contributed by atoms with van der Waals surface area (Å²) in [7, 11) is 1.68. The van der Waals surface area contributed by atoms with Crippen LogP contribution in [0.4, 0.5) is 10.1 Å². The number of halogens is 1. The van der Waals surface area contributed by atoms with E-state index in [9.17, 15) is 4.39 Å². The molecule has 4 nitrogen and oxygen atoms in total. The van der Waals surface area contributed by atoms with Gasteiger partial charge in [0.05, 0.1) is 12.3 Å². The number of hydrogen-bond acceptors (Lipinski definition) is 4. The number of benzene rings is 1. The van der Waals surface area contributed by atoms with Gasteiger partial charge in [0.15, 0.2) is 0 Å². The molecule has 0 aromatic heterocycles. The van der Waals surface area contributed by atoms with E-state index >= 15 is 0 Å². The van der Waals surface area contributed by atoms with Crippen LogP contribution in [-0.2, 0) is 11.3 Å². The molecule has 1 heterocycles. The van der Waals surface area contributed by atoms with Gasteiger partial charge in [-0.25, -0.2) is 4.39 Å². The van der Waals surface area contributed by atoms with Gasteiger partial charge in [-0.1, -0.05) is 6.07 Å². The third kappa shape index (κ3) is 4.16. The summed E-state index contributed by atoms with van der Waals surface area (Å²) in [6.45, 7) is 5.77. The average Bonchev–Trinajstić information content (AvgIpc) is 2.46. The quantitative estimate of drug-likeness (QED) is 0.753. The van der Waals surface area contributed by atoms with Gasteiger partial charge in [0.25, 0.3) is 0 Å². The molecule has 1 aromatic rings. The molecular weight excluding hydrogens is 245 g/mol. The number of methoxy groups -OCH3 is 1. The summed E-state index contributed by atoms with van der Waals surface area (Å²) in [6, 6.07) is 5.34. The molecule has 1 fully saturated rings. The third-order valence-electron chi connectivity index (χ3n) is 3.28. The van der Waals surface area contributed by atoms with Crippen LogP contribution in [0, 0.1) is 5.82 Å². The Labute approximate surface area is 113 Å². The highest BCUT2D eigenvalue weighted by molar-refractivity contribution is 5.50. The molecule has 0 atom stereocenters. The third-order valence-corrected chi connectivity index (χ3v) is 3.28. The Morgan fingerprint density at radius 3 is 2.89 bits per heavy atom. The molecule has 0 amide bonds. The maximum atomic E-state index is 13.9. The van der Waals surface area contributed by atoms with Gasteiger partial charge >= 0.3 is 0 Å². The highest BCUT2D eigenvalue weighted by Gasteiger charge is 2.14. The van der Waals surface area contributed by atoms with Crippen molar-refractivity contribution >= 4 is 5.69 Å². The van der Waals surface area contributed by atoms with E-state index in [1.54, 1.807) is 13.2 Å². The van der Waals surface area contributed by atoms with Crippen LogP contribution in [-0.4, -0.2) is 46.4 Å². The van der Waals surface area contributed by atoms with Crippen LogP contribution in [0.15, 0.2) is 18.2 Å². The minimum atomic E-state index is -0.137. The molecule has 1 saturated heterocycles. The van der Waals surface area contributed by atoms with E-state index < -0.39 is 0 Å². The summed E-state index contributed by atoms with van der Waals surface area (Å²) in [5.41, 5.74) is 1.82. The van der Waals surface area contributed by atoms with Crippen LogP contribution < -0.4 is 15.5 Å². The Morgan fingerprint density at radius 1 is 1.37 bits per heavy atom. The van der Waals surface area contributed by atoms with Gasteiger partial charge in [0.1, 0.15) is 5.82 Å². The Kier molecular flexibility index (Phi) is 5.57. The van der Waals surface area contributed by atoms with Gasteiger partial charge in [0, 0.05) is 46.4 Å². The molecule has 0 aliphatic carbocycles. The summed E-state index contributed by atoms with van der Waals surface area (Å²) in [6.07, 6.45) is 0. The normalized spacial score (nSPS) is 15.8. The second-order valence-corrected chi connectivity index (χ2v) is 4.69. The maximum Gasteiger partial charge on any atom is 0.146 e. The predicted octanol–water partition coefficient (Wildman–Crippen LogP) is 0.971. The number of anilines is 1. The molecule has 0 radical (unpaired) electrons. The van der Waals surface area contributed by atoms with Crippen molar-refractivity contribution in [3.05, 3.63) is 29.6 Å². The molecule has 106 valence electrons. The molecule has 2 N–H and O–H groups in total. The molecule has 0 unspecified atom stereocenters. The molecule has 1 aromatic carbocycles. The summed E-state index contributed by atoms with van der Waals surface area (Å²) >= 11 is 0. The molecule has 19 heavy (non-hydrogen) atoms. The van der Waals surface area contributed by atoms with Crippen molar-refractivity contribution in [1.82, 2.24) is 10.6 Å². The van der Waals surface area contributed by atoms with Crippen LogP contribution in [0.25, 0.3) is 0 Å². The fourth-order valence-electron chi connectivity index (χ4n) is 2.22. The maximum absolute atomic E-state index is 13.9. The van der Waals surface area contributed by atoms with Crippen LogP contribution in [0.3, 0.4) is 0 Å². The van der Waals surface area contributed by atoms with E-state index in [0.717, 1.165) is 44.8 Å². The Bertz CT molecular complexity index is 394. The molecule has 0 saturated carbocycles. The number of ether oxygens (including phenoxy) is 1. The largest absolute Gasteiger partial charge is 0.383 e. The zero-order valence-corrected chi connectivity index (χ0v) is 11.4. The molecule has 5 heteroatoms. The first kappa shape index (κ1) is 14.2. The van der Waals surface area contributed by atoms with Gasteiger partial charge in [-0.3, -0.25) is 0 Å². The number of piperazine rings is 1. The van der Waals surface area contributed by atoms with Gasteiger partial charge in [0.2, 0.25) is 0 Å². The van der Waals surface area contributed by atoms with E-state index in [1.165, 1.54) is 0 Å². The van der Waals surface area contributed by atoms with Crippen molar-refractivity contribution in [2.24, 2.45) is 0 Å². The smallest absolute Gasteiger partial charge is 0.146 e. The van der Waals surface area contributed by atoms with E-state index in [1.807, 2.05) is 12.1 Å². The van der Waals surface area contributed by atoms with Gasteiger partial charge in [-0.2, -0.15) is 0 Å². The van der Waals surface area contributed by atoms with Gasteiger partial charge < -0.3 is 20.3 Å². The zero-order valence-electron chi connectivity index (χ0n) is 11.4. The molecule has 0 spiro atoms. The number of hydrogen-bond donors (Lipinski definition) is 2. The standard InChI is InChI=1S/C14H22FN3O/c1-19-9-6-17-11-12-2-3-13(15)14(10-12)18-7-4-16-5-8-18/h2-3,10,16-17H,4-9,11H2,1H3. The Balaban J connectivity index is 1.97. The van der Waals surface area contributed by atoms with Crippen LogP contribution >= 0.6 is 0 Å². The molecule has 2 rings (SSSR count). The lowest BCUT2D eigenvalue weighted by atomic mass is 10.1. The average molecular weight is 267 g/mol. The first-order valence-electron chi connectivity index (χ1n) is 6.75. The molecular formula is C14H22FN3O. The Hall–Kier alpha value is -1.17. The van der Waals surface area contributed by atoms with Crippen molar-refractivity contribution in [2.75, 3.05) is 51.3 Å². The topological polar surface area (TPSA) is 36.5 Å². The summed E-state index contributed by atoms with van der Waals surface area (Å²) in [5, 5.41) is 6.55. The van der Waals surface area contributed by atoms with Crippen LogP contribution in [0.2, 0.25) is 0 Å². The van der Waals surface area contributed by atoms with Crippen LogP contribution in [0.5, 0.6) is 0 Å². The number of nitrogens with one attached hydrogen (secondary N) is 2. The molecule has 0 bridgehead atoms. The minimum absolute atomic E-state index is 0.137. The molecule has 1 aliphatic rings. The van der Waals surface area contributed by atoms with E-state index in [0.29, 0.717) is 12.3 Å². The lowest BCUT2D eigenvalue weighted by molar-refractivity contribution is 0.199. The predicted molar refractivity (Wildman–Crippen MR) is 75.1 cm³/mol. The molecule has 1 aliphatic heterocycles. The highest BCUT2D eigenvalue weighted by atomic mass is 19.1. The Morgan fingerprint density at radius 2 is 2.16 bits per heavy atom. The second kappa shape index (κ2) is 7.43. The monoisotopic (exact) mass is 267 g/mol. The fourth-order valence-corrected chi connectivity index (χ4v) is 2.22. The van der Waals surface area contributed by atoms with Gasteiger partial charge in [-0.05, 0) is 17.7 Å². The van der Waals surface area contributed by atoms with E-state index in [2.05, 4.69) is 15.5 Å². The van der Waals surface area contributed by atoms with Crippen molar-refractivity contribution in [3.63, 3.8) is 0 Å². The lowest BCUT2D eigenvalue weighted by Crippen LogP contribution is -2.43. The highest BCUT2D eigenvalue weighted by Crippen LogP contribution is 2.21. The summed E-state index contributed by atoms with van der Waals surface area (Å²) in [4.78, 5) is 2.10.